The van der Waals surface area contributed by atoms with Gasteiger partial charge in [0.1, 0.15) is 11.6 Å². The molecule has 1 aromatic heterocycles. The fraction of sp³-hybridized carbons (Fsp3) is 0.107. The molecule has 0 bridgehead atoms. The van der Waals surface area contributed by atoms with Crippen LogP contribution in [0, 0.1) is 0 Å². The zero-order valence-corrected chi connectivity index (χ0v) is 21.5. The van der Waals surface area contributed by atoms with Crippen molar-refractivity contribution >= 4 is 48.3 Å². The average Bonchev–Trinajstić information content (AvgIpc) is 3.25. The molecule has 1 aliphatic rings. The third-order valence-corrected chi connectivity index (χ3v) is 7.95. The summed E-state index contributed by atoms with van der Waals surface area (Å²) in [5.74, 6) is -0.0847. The van der Waals surface area contributed by atoms with Gasteiger partial charge in [-0.2, -0.15) is 0 Å². The van der Waals surface area contributed by atoms with Gasteiger partial charge in [0.15, 0.2) is 6.29 Å². The van der Waals surface area contributed by atoms with Gasteiger partial charge >= 0.3 is 6.09 Å². The van der Waals surface area contributed by atoms with Gasteiger partial charge in [0.05, 0.1) is 5.02 Å². The number of nitrogens with zero attached hydrogens (tertiary/aromatic N) is 1. The maximum atomic E-state index is 12.7. The summed E-state index contributed by atoms with van der Waals surface area (Å²) in [5.41, 5.74) is 5.37. The van der Waals surface area contributed by atoms with Crippen LogP contribution in [0.3, 0.4) is 0 Å². The van der Waals surface area contributed by atoms with E-state index in [9.17, 15) is 19.6 Å². The highest BCUT2D eigenvalue weighted by Gasteiger charge is 2.29. The Labute approximate surface area is 229 Å². The highest BCUT2D eigenvalue weighted by Crippen LogP contribution is 2.44. The summed E-state index contributed by atoms with van der Waals surface area (Å²) in [7, 11) is -2.00. The monoisotopic (exact) mass is 543 g/mol. The second-order valence-corrected chi connectivity index (χ2v) is 10.0. The molecule has 3 aromatic carbocycles. The highest BCUT2D eigenvalue weighted by molar-refractivity contribution is 7.99. The largest absolute Gasteiger partial charge is 0.853 e. The summed E-state index contributed by atoms with van der Waals surface area (Å²) in [5, 5.41) is 24.6. The SMILES string of the molecule is O=Cc1cccnc1Sc1c(Cl)cc(B([O-])O)cc1CNC(=O)OCC1c2ccccc2-c2ccccc21. The number of carbonyl (C=O) groups is 2. The summed E-state index contributed by atoms with van der Waals surface area (Å²) in [4.78, 5) is 28.9. The molecule has 7 nitrogen and oxygen atoms in total. The van der Waals surface area contributed by atoms with E-state index in [-0.39, 0.29) is 29.6 Å². The standard InChI is InChI=1S/C28H21BClN2O5S/c30-25-13-19(29(35)36)12-18(26(25)38-27-17(15-33)6-5-11-31-27)14-32-28(34)37-16-24-22-9-3-1-7-20(22)21-8-2-4-10-23(21)24/h1-13,15,24,35H,14,16H2,(H,32,34)/q-1. The normalized spacial score (nSPS) is 12.0. The van der Waals surface area contributed by atoms with Crippen molar-refractivity contribution in [1.29, 1.82) is 0 Å². The molecule has 0 saturated carbocycles. The van der Waals surface area contributed by atoms with E-state index in [0.717, 1.165) is 34.0 Å². The number of fused-ring (bicyclic) bond motifs is 3. The molecule has 5 rings (SSSR count). The molecule has 0 atom stereocenters. The van der Waals surface area contributed by atoms with Crippen LogP contribution >= 0.6 is 23.4 Å². The zero-order valence-electron chi connectivity index (χ0n) is 20.0. The van der Waals surface area contributed by atoms with Crippen LogP contribution in [0.1, 0.15) is 33.0 Å². The van der Waals surface area contributed by atoms with Gasteiger partial charge in [0, 0.05) is 29.1 Å². The first-order valence-corrected chi connectivity index (χ1v) is 13.0. The van der Waals surface area contributed by atoms with Gasteiger partial charge < -0.3 is 20.1 Å². The van der Waals surface area contributed by atoms with Gasteiger partial charge in [-0.05, 0) is 46.0 Å². The zero-order chi connectivity index (χ0) is 26.6. The van der Waals surface area contributed by atoms with Crippen LogP contribution in [0.4, 0.5) is 4.79 Å². The van der Waals surface area contributed by atoms with Crippen molar-refractivity contribution in [2.75, 3.05) is 6.61 Å². The Morgan fingerprint density at radius 1 is 1.11 bits per heavy atom. The van der Waals surface area contributed by atoms with Crippen molar-refractivity contribution in [3.05, 3.63) is 106 Å². The maximum Gasteiger partial charge on any atom is 0.407 e. The molecule has 0 spiro atoms. The lowest BCUT2D eigenvalue weighted by atomic mass is 9.79. The van der Waals surface area contributed by atoms with Crippen molar-refractivity contribution in [3.63, 3.8) is 0 Å². The van der Waals surface area contributed by atoms with Crippen LogP contribution in [0.5, 0.6) is 0 Å². The quantitative estimate of drug-likeness (QED) is 0.257. The molecule has 0 saturated heterocycles. The Bertz CT molecular complexity index is 1470. The number of pyridine rings is 1. The van der Waals surface area contributed by atoms with E-state index in [1.807, 2.05) is 36.4 Å². The molecule has 0 unspecified atom stereocenters. The fourth-order valence-electron chi connectivity index (χ4n) is 4.55. The predicted octanol–water partition coefficient (Wildman–Crippen LogP) is 3.79. The van der Waals surface area contributed by atoms with Crippen LogP contribution < -0.4 is 15.8 Å². The van der Waals surface area contributed by atoms with E-state index in [1.54, 1.807) is 18.3 Å². The molecule has 1 heterocycles. The lowest BCUT2D eigenvalue weighted by Gasteiger charge is -2.18. The molecule has 1 amide bonds. The molecular weight excluding hydrogens is 523 g/mol. The Balaban J connectivity index is 1.32. The summed E-state index contributed by atoms with van der Waals surface area (Å²) >= 11 is 7.58. The third-order valence-electron chi connectivity index (χ3n) is 6.32. The average molecular weight is 544 g/mol. The summed E-state index contributed by atoms with van der Waals surface area (Å²) in [6, 6.07) is 22.2. The topological polar surface area (TPSA) is 112 Å². The predicted molar refractivity (Wildman–Crippen MR) is 145 cm³/mol. The lowest BCUT2D eigenvalue weighted by molar-refractivity contribution is -0.211. The number of ether oxygens (including phenoxy) is 1. The smallest absolute Gasteiger partial charge is 0.407 e. The van der Waals surface area contributed by atoms with E-state index in [0.29, 0.717) is 27.3 Å². The fourth-order valence-corrected chi connectivity index (χ4v) is 5.88. The van der Waals surface area contributed by atoms with Crippen LogP contribution in [0.15, 0.2) is 88.9 Å². The number of aldehydes is 1. The van der Waals surface area contributed by atoms with Crippen molar-refractivity contribution < 1.29 is 24.4 Å². The Morgan fingerprint density at radius 3 is 2.45 bits per heavy atom. The molecule has 10 heteroatoms. The Morgan fingerprint density at radius 2 is 1.79 bits per heavy atom. The van der Waals surface area contributed by atoms with E-state index < -0.39 is 13.2 Å². The lowest BCUT2D eigenvalue weighted by Crippen LogP contribution is -2.43. The minimum Gasteiger partial charge on any atom is -0.853 e. The van der Waals surface area contributed by atoms with Crippen LogP contribution in [-0.4, -0.2) is 36.1 Å². The number of aromatic nitrogens is 1. The van der Waals surface area contributed by atoms with Crippen molar-refractivity contribution in [2.24, 2.45) is 0 Å². The summed E-state index contributed by atoms with van der Waals surface area (Å²) in [6.45, 7) is 0.126. The first kappa shape index (κ1) is 26.0. The molecular formula is C28H21BClN2O5S-. The summed E-state index contributed by atoms with van der Waals surface area (Å²) < 4.78 is 5.60. The molecule has 4 aromatic rings. The number of carbonyl (C=O) groups excluding carboxylic acids is 2. The van der Waals surface area contributed by atoms with Gasteiger partial charge in [-0.25, -0.2) is 9.78 Å². The number of halogens is 1. The summed E-state index contributed by atoms with van der Waals surface area (Å²) in [6.07, 6.45) is 1.60. The van der Waals surface area contributed by atoms with Gasteiger partial charge in [-0.15, -0.1) is 0 Å². The van der Waals surface area contributed by atoms with Crippen LogP contribution in [0.2, 0.25) is 5.02 Å². The Kier molecular flexibility index (Phi) is 7.81. The van der Waals surface area contributed by atoms with Crippen molar-refractivity contribution in [3.8, 4) is 11.1 Å². The molecule has 190 valence electrons. The number of hydrogen-bond donors (Lipinski definition) is 2. The highest BCUT2D eigenvalue weighted by atomic mass is 35.5. The maximum absolute atomic E-state index is 12.7. The van der Waals surface area contributed by atoms with E-state index in [4.69, 9.17) is 16.3 Å². The molecule has 0 fully saturated rings. The van der Waals surface area contributed by atoms with E-state index in [2.05, 4.69) is 22.4 Å². The molecule has 1 aliphatic carbocycles. The van der Waals surface area contributed by atoms with Gasteiger partial charge in [-0.3, -0.25) is 4.79 Å². The van der Waals surface area contributed by atoms with Gasteiger partial charge in [0.25, 0.3) is 0 Å². The second-order valence-electron chi connectivity index (χ2n) is 8.64. The number of hydrogen-bond acceptors (Lipinski definition) is 7. The number of nitrogens with one attached hydrogen (secondary N) is 1. The first-order valence-electron chi connectivity index (χ1n) is 11.8. The molecule has 0 radical (unpaired) electrons. The number of rotatable bonds is 8. The number of benzene rings is 3. The number of amides is 1. The van der Waals surface area contributed by atoms with E-state index >= 15 is 0 Å². The molecule has 38 heavy (non-hydrogen) atoms. The Hall–Kier alpha value is -3.63. The number of alkyl carbamates (subject to hydrolysis) is 1. The van der Waals surface area contributed by atoms with Crippen LogP contribution in [0.25, 0.3) is 11.1 Å². The van der Waals surface area contributed by atoms with Crippen molar-refractivity contribution in [1.82, 2.24) is 10.3 Å². The molecule has 0 aliphatic heterocycles. The van der Waals surface area contributed by atoms with Gasteiger partial charge in [-0.1, -0.05) is 83.4 Å². The van der Waals surface area contributed by atoms with Gasteiger partial charge in [0.2, 0.25) is 7.12 Å². The first-order chi connectivity index (χ1) is 18.5. The van der Waals surface area contributed by atoms with Crippen LogP contribution in [-0.2, 0) is 11.3 Å². The minimum absolute atomic E-state index is 0.0253. The second kappa shape index (κ2) is 11.4. The minimum atomic E-state index is -2.00. The molecule has 2 N–H and O–H groups in total. The van der Waals surface area contributed by atoms with E-state index in [1.165, 1.54) is 12.1 Å². The van der Waals surface area contributed by atoms with Crippen molar-refractivity contribution in [2.45, 2.75) is 22.4 Å². The third kappa shape index (κ3) is 5.32.